The topological polar surface area (TPSA) is 0 Å². The molecule has 184 valence electrons. The summed E-state index contributed by atoms with van der Waals surface area (Å²) in [6, 6.07) is 10.6. The van der Waals surface area contributed by atoms with E-state index in [-0.39, 0.29) is 0 Å². The molecule has 0 unspecified atom stereocenters. The number of rotatable bonds is 17. The van der Waals surface area contributed by atoms with Gasteiger partial charge in [0, 0.05) is 12.8 Å². The first-order valence-electron chi connectivity index (χ1n) is 14.5. The quantitative estimate of drug-likeness (QED) is 0.166. The van der Waals surface area contributed by atoms with Crippen LogP contribution in [0.2, 0.25) is 0 Å². The summed E-state index contributed by atoms with van der Waals surface area (Å²) in [5.41, 5.74) is 3.15. The van der Waals surface area contributed by atoms with Crippen LogP contribution < -0.4 is 0 Å². The van der Waals surface area contributed by atoms with Gasteiger partial charge in [0.15, 0.2) is 0 Å². The van der Waals surface area contributed by atoms with Gasteiger partial charge in [-0.25, -0.2) is 0 Å². The number of aryl methyl sites for hydroxylation is 1. The largest absolute Gasteiger partial charge is 0.326 e. The van der Waals surface area contributed by atoms with Crippen molar-refractivity contribution >= 4 is 0 Å². The predicted octanol–water partition coefficient (Wildman–Crippen LogP) is 9.44. The molecule has 0 amide bonds. The van der Waals surface area contributed by atoms with Crippen LogP contribution in [0.4, 0.5) is 0 Å². The third-order valence-electron chi connectivity index (χ3n) is 8.26. The lowest BCUT2D eigenvalue weighted by molar-refractivity contribution is -0.916. The van der Waals surface area contributed by atoms with E-state index < -0.39 is 0 Å². The molecule has 32 heavy (non-hydrogen) atoms. The molecule has 1 heteroatoms. The Morgan fingerprint density at radius 1 is 0.625 bits per heavy atom. The lowest BCUT2D eigenvalue weighted by Gasteiger charge is -2.41. The van der Waals surface area contributed by atoms with Crippen LogP contribution in [-0.4, -0.2) is 31.2 Å². The Labute approximate surface area is 202 Å². The van der Waals surface area contributed by atoms with Crippen molar-refractivity contribution in [3.63, 3.8) is 0 Å². The molecule has 2 rings (SSSR count). The van der Waals surface area contributed by atoms with Crippen molar-refractivity contribution in [2.45, 2.75) is 141 Å². The molecule has 0 heterocycles. The average molecular weight is 443 g/mol. The normalized spacial score (nSPS) is 19.4. The van der Waals surface area contributed by atoms with Crippen molar-refractivity contribution in [3.8, 4) is 0 Å². The first-order valence-corrected chi connectivity index (χ1v) is 14.5. The molecule has 0 N–H and O–H groups in total. The van der Waals surface area contributed by atoms with Crippen LogP contribution in [0.5, 0.6) is 0 Å². The molecular formula is C31H56N+. The lowest BCUT2D eigenvalue weighted by Crippen LogP contribution is -2.50. The van der Waals surface area contributed by atoms with E-state index in [0.29, 0.717) is 0 Å². The summed E-state index contributed by atoms with van der Waals surface area (Å²) < 4.78 is 1.22. The summed E-state index contributed by atoms with van der Waals surface area (Å²) in [5, 5.41) is 0. The van der Waals surface area contributed by atoms with Crippen LogP contribution in [0.3, 0.4) is 0 Å². The Morgan fingerprint density at radius 2 is 1.12 bits per heavy atom. The van der Waals surface area contributed by atoms with E-state index in [1.165, 1.54) is 127 Å². The van der Waals surface area contributed by atoms with Crippen molar-refractivity contribution in [2.75, 3.05) is 20.6 Å². The number of unbranched alkanes of at least 4 members (excludes halogenated alkanes) is 11. The van der Waals surface area contributed by atoms with Gasteiger partial charge < -0.3 is 4.48 Å². The van der Waals surface area contributed by atoms with Gasteiger partial charge in [-0.3, -0.25) is 0 Å². The third-order valence-corrected chi connectivity index (χ3v) is 8.26. The van der Waals surface area contributed by atoms with Gasteiger partial charge in [0.2, 0.25) is 0 Å². The summed E-state index contributed by atoms with van der Waals surface area (Å²) >= 11 is 0. The molecule has 0 atom stereocenters. The minimum Gasteiger partial charge on any atom is -0.326 e. The Balaban J connectivity index is 1.53. The van der Waals surface area contributed by atoms with E-state index in [0.717, 1.165) is 12.0 Å². The van der Waals surface area contributed by atoms with E-state index in [4.69, 9.17) is 0 Å². The Morgan fingerprint density at radius 3 is 1.62 bits per heavy atom. The van der Waals surface area contributed by atoms with Gasteiger partial charge in [-0.05, 0) is 49.1 Å². The third kappa shape index (κ3) is 10.4. The standard InChI is InChI=1S/C31H56N/c1-5-7-8-9-10-11-12-13-14-15-16-17-18-28-19-21-29(22-20-28)30-23-25-31(26-24-30)32(3,4)27-6-2/h19-22,30-31H,5-18,23-27H2,1-4H3/q+1. The molecular weight excluding hydrogens is 386 g/mol. The highest BCUT2D eigenvalue weighted by molar-refractivity contribution is 5.26. The first kappa shape index (κ1) is 27.4. The zero-order chi connectivity index (χ0) is 23.1. The van der Waals surface area contributed by atoms with Crippen molar-refractivity contribution in [2.24, 2.45) is 0 Å². The highest BCUT2D eigenvalue weighted by Gasteiger charge is 2.32. The van der Waals surface area contributed by atoms with Gasteiger partial charge in [0.1, 0.15) is 0 Å². The SMILES string of the molecule is CCCCCCCCCCCCCCc1ccc(C2CCC([N+](C)(C)CCC)CC2)cc1. The summed E-state index contributed by atoms with van der Waals surface area (Å²) in [6.07, 6.45) is 25.4. The monoisotopic (exact) mass is 442 g/mol. The Hall–Kier alpha value is -0.820. The second kappa shape index (κ2) is 15.9. The fourth-order valence-corrected chi connectivity index (χ4v) is 5.99. The fraction of sp³-hybridized carbons (Fsp3) is 0.806. The second-order valence-corrected chi connectivity index (χ2v) is 11.4. The minimum atomic E-state index is 0.800. The average Bonchev–Trinajstić information content (AvgIpc) is 2.80. The smallest absolute Gasteiger partial charge is 0.0886 e. The maximum absolute atomic E-state index is 2.45. The van der Waals surface area contributed by atoms with Crippen LogP contribution >= 0.6 is 0 Å². The molecule has 1 saturated carbocycles. The van der Waals surface area contributed by atoms with Crippen LogP contribution in [-0.2, 0) is 6.42 Å². The molecule has 0 aromatic heterocycles. The summed E-state index contributed by atoms with van der Waals surface area (Å²) in [4.78, 5) is 0. The first-order chi connectivity index (χ1) is 15.6. The second-order valence-electron chi connectivity index (χ2n) is 11.4. The lowest BCUT2D eigenvalue weighted by atomic mass is 9.80. The van der Waals surface area contributed by atoms with Crippen molar-refractivity contribution < 1.29 is 4.48 Å². The molecule has 1 aromatic carbocycles. The number of hydrogen-bond donors (Lipinski definition) is 0. The zero-order valence-electron chi connectivity index (χ0n) is 22.3. The van der Waals surface area contributed by atoms with Crippen molar-refractivity contribution in [3.05, 3.63) is 35.4 Å². The number of benzene rings is 1. The van der Waals surface area contributed by atoms with Gasteiger partial charge in [-0.1, -0.05) is 109 Å². The molecule has 1 fully saturated rings. The Kier molecular flexibility index (Phi) is 13.6. The molecule has 0 bridgehead atoms. The molecule has 1 aliphatic carbocycles. The molecule has 0 spiro atoms. The van der Waals surface area contributed by atoms with Gasteiger partial charge >= 0.3 is 0 Å². The van der Waals surface area contributed by atoms with Crippen LogP contribution in [0.1, 0.15) is 140 Å². The highest BCUT2D eigenvalue weighted by Crippen LogP contribution is 2.36. The van der Waals surface area contributed by atoms with E-state index >= 15 is 0 Å². The van der Waals surface area contributed by atoms with E-state index in [9.17, 15) is 0 Å². The minimum absolute atomic E-state index is 0.800. The molecule has 0 radical (unpaired) electrons. The molecule has 0 aliphatic heterocycles. The van der Waals surface area contributed by atoms with E-state index in [1.54, 1.807) is 11.1 Å². The fourth-order valence-electron chi connectivity index (χ4n) is 5.99. The van der Waals surface area contributed by atoms with Crippen molar-refractivity contribution in [1.82, 2.24) is 0 Å². The summed E-state index contributed by atoms with van der Waals surface area (Å²) in [5.74, 6) is 0.800. The van der Waals surface area contributed by atoms with E-state index in [1.807, 2.05) is 0 Å². The van der Waals surface area contributed by atoms with Crippen LogP contribution in [0.25, 0.3) is 0 Å². The van der Waals surface area contributed by atoms with Crippen molar-refractivity contribution in [1.29, 1.82) is 0 Å². The highest BCUT2D eigenvalue weighted by atomic mass is 15.3. The molecule has 1 nitrogen and oxygen atoms in total. The molecule has 1 aromatic rings. The maximum atomic E-state index is 2.45. The summed E-state index contributed by atoms with van der Waals surface area (Å²) in [7, 11) is 4.89. The molecule has 1 aliphatic rings. The summed E-state index contributed by atoms with van der Waals surface area (Å²) in [6.45, 7) is 5.95. The number of quaternary nitrogens is 1. The van der Waals surface area contributed by atoms with Crippen LogP contribution in [0, 0.1) is 0 Å². The van der Waals surface area contributed by atoms with Gasteiger partial charge in [0.25, 0.3) is 0 Å². The number of hydrogen-bond acceptors (Lipinski definition) is 0. The predicted molar refractivity (Wildman–Crippen MR) is 143 cm³/mol. The van der Waals surface area contributed by atoms with Gasteiger partial charge in [0.05, 0.1) is 26.7 Å². The number of nitrogens with zero attached hydrogens (tertiary/aromatic N) is 1. The van der Waals surface area contributed by atoms with Gasteiger partial charge in [-0.2, -0.15) is 0 Å². The van der Waals surface area contributed by atoms with E-state index in [2.05, 4.69) is 52.2 Å². The Bertz CT molecular complexity index is 565. The molecule has 0 saturated heterocycles. The zero-order valence-corrected chi connectivity index (χ0v) is 22.3. The maximum Gasteiger partial charge on any atom is 0.0886 e. The van der Waals surface area contributed by atoms with Gasteiger partial charge in [-0.15, -0.1) is 0 Å². The van der Waals surface area contributed by atoms with Crippen LogP contribution in [0.15, 0.2) is 24.3 Å².